The SMILES string of the molecule is c1ccc(-c2ncncc2N(c2ccccc2)c2cc(N(c3ccccc3)c3cncnc3-c3ccccc3)c3ccc4c(N(c5ccccc5)c5cncnc5-c5ccccc5)cc(N(c5ccccc5)c5cncnc5-c5ccccc5)c5ccc2c3c54)cc1. The van der Waals surface area contributed by atoms with Gasteiger partial charge in [-0.25, -0.2) is 39.9 Å². The molecular weight excluding hydrogens is 1130 g/mol. The molecule has 0 aliphatic rings. The highest BCUT2D eigenvalue weighted by molar-refractivity contribution is 6.33. The Kier molecular flexibility index (Phi) is 14.3. The number of para-hydroxylation sites is 4. The van der Waals surface area contributed by atoms with Crippen LogP contribution in [0.5, 0.6) is 0 Å². The van der Waals surface area contributed by atoms with Crippen molar-refractivity contribution in [1.82, 2.24) is 39.9 Å². The fourth-order valence-corrected chi connectivity index (χ4v) is 12.8. The van der Waals surface area contributed by atoms with Crippen molar-refractivity contribution < 1.29 is 0 Å². The summed E-state index contributed by atoms with van der Waals surface area (Å²) < 4.78 is 0. The van der Waals surface area contributed by atoms with Gasteiger partial charge in [0.2, 0.25) is 0 Å². The van der Waals surface area contributed by atoms with E-state index in [1.54, 1.807) is 25.3 Å². The van der Waals surface area contributed by atoms with E-state index in [9.17, 15) is 0 Å². The van der Waals surface area contributed by atoms with E-state index in [1.165, 1.54) is 0 Å². The van der Waals surface area contributed by atoms with Crippen molar-refractivity contribution in [2.24, 2.45) is 0 Å². The number of nitrogens with zero attached hydrogens (tertiary/aromatic N) is 12. The number of hydrogen-bond donors (Lipinski definition) is 0. The average Bonchev–Trinajstić information content (AvgIpc) is 0.703. The van der Waals surface area contributed by atoms with E-state index in [4.69, 9.17) is 39.9 Å². The van der Waals surface area contributed by atoms with Crippen molar-refractivity contribution in [3.8, 4) is 45.0 Å². The van der Waals surface area contributed by atoms with Gasteiger partial charge < -0.3 is 19.6 Å². The summed E-state index contributed by atoms with van der Waals surface area (Å²) in [6.45, 7) is 0. The summed E-state index contributed by atoms with van der Waals surface area (Å²) in [5.74, 6) is 0. The van der Waals surface area contributed by atoms with Crippen LogP contribution in [0.25, 0.3) is 77.3 Å². The molecule has 12 aromatic carbocycles. The summed E-state index contributed by atoms with van der Waals surface area (Å²) in [5, 5.41) is 5.86. The lowest BCUT2D eigenvalue weighted by atomic mass is 9.89. The van der Waals surface area contributed by atoms with Crippen LogP contribution >= 0.6 is 0 Å². The Morgan fingerprint density at radius 1 is 0.196 bits per heavy atom. The van der Waals surface area contributed by atoms with Gasteiger partial charge in [0.05, 0.1) is 93.1 Å². The van der Waals surface area contributed by atoms with Crippen LogP contribution in [0.4, 0.5) is 68.2 Å². The van der Waals surface area contributed by atoms with Gasteiger partial charge in [-0.15, -0.1) is 0 Å². The van der Waals surface area contributed by atoms with Crippen molar-refractivity contribution in [3.05, 3.63) is 329 Å². The maximum absolute atomic E-state index is 5.10. The standard InChI is InChI=1S/C80H54N12/c1-9-25-55(26-10-1)77-71(47-81-51-85-77)89(59-33-17-5-18-34-59)67-45-68(90(60-35-19-6-20-36-60)72-48-82-52-86-78(72)56-27-11-2-12-28-56)64-43-44-66-70(92(62-39-23-8-24-40-62)74-50-84-54-88-80(74)58-31-15-4-16-32-58)46-69(65-42-41-63(67)75(64)76(65)66)91(61-37-21-7-22-38-61)73-49-83-53-87-79(73)57-29-13-3-14-30-57/h1-54H. The van der Waals surface area contributed by atoms with Crippen molar-refractivity contribution >= 4 is 101 Å². The van der Waals surface area contributed by atoms with E-state index in [0.29, 0.717) is 0 Å². The minimum absolute atomic E-state index is 0.764. The number of hydrogen-bond acceptors (Lipinski definition) is 12. The minimum atomic E-state index is 0.764. The molecule has 92 heavy (non-hydrogen) atoms. The maximum atomic E-state index is 5.10. The van der Waals surface area contributed by atoms with E-state index in [-0.39, 0.29) is 0 Å². The molecule has 16 aromatic rings. The predicted octanol–water partition coefficient (Wildman–Crippen LogP) is 20.3. The zero-order chi connectivity index (χ0) is 61.2. The molecule has 4 aromatic heterocycles. The van der Waals surface area contributed by atoms with E-state index >= 15 is 0 Å². The van der Waals surface area contributed by atoms with Crippen molar-refractivity contribution in [1.29, 1.82) is 0 Å². The number of aromatic nitrogens is 8. The van der Waals surface area contributed by atoms with Crippen molar-refractivity contribution in [2.75, 3.05) is 19.6 Å². The molecular formula is C80H54N12. The van der Waals surface area contributed by atoms with Gasteiger partial charge in [-0.1, -0.05) is 218 Å². The zero-order valence-electron chi connectivity index (χ0n) is 49.5. The highest BCUT2D eigenvalue weighted by Gasteiger charge is 2.32. The van der Waals surface area contributed by atoms with Crippen molar-refractivity contribution in [3.63, 3.8) is 0 Å². The summed E-state index contributed by atoms with van der Waals surface area (Å²) >= 11 is 0. The second kappa shape index (κ2) is 24.1. The fraction of sp³-hybridized carbons (Fsp3) is 0. The summed E-state index contributed by atoms with van der Waals surface area (Å²) in [4.78, 5) is 49.0. The third-order valence-electron chi connectivity index (χ3n) is 16.8. The van der Waals surface area contributed by atoms with Crippen LogP contribution in [0, 0.1) is 0 Å². The molecule has 0 spiro atoms. The molecule has 0 saturated heterocycles. The molecule has 0 bridgehead atoms. The molecule has 4 heterocycles. The molecule has 0 N–H and O–H groups in total. The summed E-state index contributed by atoms with van der Waals surface area (Å²) in [5.41, 5.74) is 17.1. The van der Waals surface area contributed by atoms with Gasteiger partial charge in [-0.3, -0.25) is 0 Å². The predicted molar refractivity (Wildman–Crippen MR) is 373 cm³/mol. The summed E-state index contributed by atoms with van der Waals surface area (Å²) in [6, 6.07) is 97.2. The Labute approximate surface area is 531 Å². The lowest BCUT2D eigenvalue weighted by Crippen LogP contribution is -2.17. The first kappa shape index (κ1) is 54.6. The van der Waals surface area contributed by atoms with Gasteiger partial charge in [0.15, 0.2) is 0 Å². The summed E-state index contributed by atoms with van der Waals surface area (Å²) in [6.07, 6.45) is 14.2. The van der Waals surface area contributed by atoms with Gasteiger partial charge in [0, 0.05) is 77.3 Å². The molecule has 0 aliphatic heterocycles. The Morgan fingerprint density at radius 3 is 0.598 bits per heavy atom. The highest BCUT2D eigenvalue weighted by atomic mass is 15.2. The quantitative estimate of drug-likeness (QED) is 0.0858. The van der Waals surface area contributed by atoms with Gasteiger partial charge >= 0.3 is 0 Å². The van der Waals surface area contributed by atoms with Crippen LogP contribution in [0.1, 0.15) is 0 Å². The van der Waals surface area contributed by atoms with E-state index in [2.05, 4.69) is 226 Å². The molecule has 0 fully saturated rings. The Bertz CT molecular complexity index is 4580. The Hall–Kier alpha value is -12.8. The minimum Gasteiger partial charge on any atom is -0.306 e. The average molecular weight is 1180 g/mol. The molecule has 12 heteroatoms. The monoisotopic (exact) mass is 1180 g/mol. The third kappa shape index (κ3) is 9.86. The van der Waals surface area contributed by atoms with Gasteiger partial charge in [0.25, 0.3) is 0 Å². The Balaban J connectivity index is 1.11. The van der Waals surface area contributed by atoms with Crippen LogP contribution in [0.3, 0.4) is 0 Å². The maximum Gasteiger partial charge on any atom is 0.116 e. The number of anilines is 12. The highest BCUT2D eigenvalue weighted by Crippen LogP contribution is 2.56. The molecule has 0 atom stereocenters. The molecule has 0 aliphatic carbocycles. The normalized spacial score (nSPS) is 11.3. The van der Waals surface area contributed by atoms with Crippen molar-refractivity contribution in [2.45, 2.75) is 0 Å². The van der Waals surface area contributed by atoms with E-state index < -0.39 is 0 Å². The molecule has 12 nitrogen and oxygen atoms in total. The fourth-order valence-electron chi connectivity index (χ4n) is 12.8. The number of rotatable bonds is 16. The van der Waals surface area contributed by atoms with Crippen LogP contribution in [-0.2, 0) is 0 Å². The lowest BCUT2D eigenvalue weighted by Gasteiger charge is -2.35. The molecule has 0 unspecified atom stereocenters. The molecule has 16 rings (SSSR count). The van der Waals surface area contributed by atoms with Gasteiger partial charge in [0.1, 0.15) is 25.3 Å². The van der Waals surface area contributed by atoms with Gasteiger partial charge in [-0.05, 0) is 60.7 Å². The zero-order valence-corrected chi connectivity index (χ0v) is 49.5. The molecule has 434 valence electrons. The first-order valence-electron chi connectivity index (χ1n) is 30.3. The molecule has 0 radical (unpaired) electrons. The topological polar surface area (TPSA) is 116 Å². The van der Waals surface area contributed by atoms with E-state index in [1.807, 2.05) is 97.6 Å². The van der Waals surface area contributed by atoms with Crippen LogP contribution < -0.4 is 19.6 Å². The third-order valence-corrected chi connectivity index (χ3v) is 16.8. The lowest BCUT2D eigenvalue weighted by molar-refractivity contribution is 1.13. The smallest absolute Gasteiger partial charge is 0.116 e. The van der Waals surface area contributed by atoms with Crippen LogP contribution in [0.15, 0.2) is 329 Å². The van der Waals surface area contributed by atoms with Gasteiger partial charge in [-0.2, -0.15) is 0 Å². The van der Waals surface area contributed by atoms with Crippen LogP contribution in [-0.4, -0.2) is 39.9 Å². The second-order valence-corrected chi connectivity index (χ2v) is 22.1. The van der Waals surface area contributed by atoms with Crippen LogP contribution in [0.2, 0.25) is 0 Å². The first-order chi connectivity index (χ1) is 45.7. The number of benzene rings is 12. The Morgan fingerprint density at radius 2 is 0.391 bits per heavy atom. The first-order valence-corrected chi connectivity index (χ1v) is 30.3. The largest absolute Gasteiger partial charge is 0.306 e. The second-order valence-electron chi connectivity index (χ2n) is 22.1. The molecule has 0 amide bonds. The van der Waals surface area contributed by atoms with E-state index in [0.717, 1.165) is 146 Å². The molecule has 0 saturated carbocycles. The summed E-state index contributed by atoms with van der Waals surface area (Å²) in [7, 11) is 0.